The number of anilines is 1. The Labute approximate surface area is 204 Å². The second kappa shape index (κ2) is 8.87. The molecule has 1 amide bonds. The van der Waals surface area contributed by atoms with Crippen LogP contribution in [0.1, 0.15) is 29.7 Å². The molecule has 2 aliphatic rings. The minimum Gasteiger partial charge on any atom is -0.462 e. The van der Waals surface area contributed by atoms with E-state index in [0.717, 1.165) is 76.2 Å². The first-order chi connectivity index (χ1) is 17.1. The number of ether oxygens (including phenoxy) is 2. The first-order valence-corrected chi connectivity index (χ1v) is 12.2. The number of H-pyrrole nitrogens is 1. The van der Waals surface area contributed by atoms with Crippen LogP contribution in [-0.2, 0) is 22.6 Å². The molecule has 3 aromatic carbocycles. The Balaban J connectivity index is 1.18. The van der Waals surface area contributed by atoms with Gasteiger partial charge in [0.05, 0.1) is 13.0 Å². The maximum atomic E-state index is 12.9. The van der Waals surface area contributed by atoms with Crippen LogP contribution in [0.15, 0.2) is 66.7 Å². The number of amides is 1. The zero-order chi connectivity index (χ0) is 23.8. The largest absolute Gasteiger partial charge is 0.462 e. The van der Waals surface area contributed by atoms with Crippen molar-refractivity contribution in [2.45, 2.75) is 38.6 Å². The third-order valence-corrected chi connectivity index (χ3v) is 7.06. The van der Waals surface area contributed by atoms with Crippen molar-refractivity contribution in [3.63, 3.8) is 0 Å². The molecule has 3 heterocycles. The molecule has 0 radical (unpaired) electrons. The standard InChI is InChI=1S/C29H29N3O3/c1-19-25(24-7-2-3-8-26(24)31-19)17-28(33)32-23-6-4-5-20(16-23)21-9-10-27-22(15-21)18-34-29(35-27)11-13-30-14-12-29/h2-10,15-16,30-31H,11-14,17-18H2,1H3,(H,32,33). The van der Waals surface area contributed by atoms with E-state index in [1.165, 1.54) is 0 Å². The van der Waals surface area contributed by atoms with E-state index in [4.69, 9.17) is 9.47 Å². The normalized spacial score (nSPS) is 16.6. The molecule has 2 aliphatic heterocycles. The molecule has 6 heteroatoms. The first kappa shape index (κ1) is 21.9. The molecule has 1 spiro atoms. The number of para-hydroxylation sites is 1. The van der Waals surface area contributed by atoms with Gasteiger partial charge in [-0.05, 0) is 53.9 Å². The van der Waals surface area contributed by atoms with Gasteiger partial charge in [0.25, 0.3) is 0 Å². The van der Waals surface area contributed by atoms with Gasteiger partial charge in [-0.1, -0.05) is 36.4 Å². The van der Waals surface area contributed by atoms with E-state index in [1.807, 2.05) is 49.4 Å². The van der Waals surface area contributed by atoms with Crippen molar-refractivity contribution in [3.8, 4) is 16.9 Å². The van der Waals surface area contributed by atoms with E-state index in [1.54, 1.807) is 0 Å². The summed E-state index contributed by atoms with van der Waals surface area (Å²) in [6.45, 7) is 4.38. The van der Waals surface area contributed by atoms with Gasteiger partial charge in [0.2, 0.25) is 11.7 Å². The number of nitrogens with one attached hydrogen (secondary N) is 3. The number of rotatable bonds is 4. The summed E-state index contributed by atoms with van der Waals surface area (Å²) in [6.07, 6.45) is 2.03. The minimum atomic E-state index is -0.493. The lowest BCUT2D eigenvalue weighted by atomic mass is 9.99. The molecule has 0 atom stereocenters. The van der Waals surface area contributed by atoms with Gasteiger partial charge in [-0.25, -0.2) is 0 Å². The number of hydrogen-bond donors (Lipinski definition) is 3. The van der Waals surface area contributed by atoms with Crippen molar-refractivity contribution in [2.24, 2.45) is 0 Å². The van der Waals surface area contributed by atoms with Crippen molar-refractivity contribution in [2.75, 3.05) is 18.4 Å². The maximum absolute atomic E-state index is 12.9. The van der Waals surface area contributed by atoms with E-state index in [0.29, 0.717) is 13.0 Å². The number of aromatic nitrogens is 1. The van der Waals surface area contributed by atoms with Gasteiger partial charge in [0.15, 0.2) is 0 Å². The van der Waals surface area contributed by atoms with E-state index >= 15 is 0 Å². The molecule has 0 aliphatic carbocycles. The summed E-state index contributed by atoms with van der Waals surface area (Å²) in [4.78, 5) is 16.3. The molecule has 1 fully saturated rings. The second-order valence-electron chi connectivity index (χ2n) is 9.45. The molecule has 0 unspecified atom stereocenters. The molecule has 1 saturated heterocycles. The fraction of sp³-hybridized carbons (Fsp3) is 0.276. The van der Waals surface area contributed by atoms with Crippen molar-refractivity contribution in [1.82, 2.24) is 10.3 Å². The van der Waals surface area contributed by atoms with Gasteiger partial charge in [-0.2, -0.15) is 0 Å². The Morgan fingerprint density at radius 3 is 2.71 bits per heavy atom. The number of benzene rings is 3. The Kier molecular flexibility index (Phi) is 5.55. The lowest BCUT2D eigenvalue weighted by molar-refractivity contribution is -0.218. The van der Waals surface area contributed by atoms with Crippen LogP contribution in [0.4, 0.5) is 5.69 Å². The number of fused-ring (bicyclic) bond motifs is 2. The Hall–Kier alpha value is -3.61. The minimum absolute atomic E-state index is 0.0329. The third kappa shape index (κ3) is 4.31. The number of hydrogen-bond acceptors (Lipinski definition) is 4. The average Bonchev–Trinajstić information content (AvgIpc) is 3.19. The highest BCUT2D eigenvalue weighted by Gasteiger charge is 2.38. The Morgan fingerprint density at radius 1 is 1.00 bits per heavy atom. The molecular weight excluding hydrogens is 438 g/mol. The lowest BCUT2D eigenvalue weighted by Crippen LogP contribution is -2.49. The molecule has 3 N–H and O–H groups in total. The second-order valence-corrected chi connectivity index (χ2v) is 9.45. The zero-order valence-electron chi connectivity index (χ0n) is 19.8. The van der Waals surface area contributed by atoms with Gasteiger partial charge in [-0.15, -0.1) is 0 Å². The number of piperidine rings is 1. The predicted molar refractivity (Wildman–Crippen MR) is 137 cm³/mol. The average molecular weight is 468 g/mol. The summed E-state index contributed by atoms with van der Waals surface area (Å²) < 4.78 is 12.5. The van der Waals surface area contributed by atoms with E-state index in [9.17, 15) is 4.79 Å². The smallest absolute Gasteiger partial charge is 0.228 e. The molecule has 6 rings (SSSR count). The van der Waals surface area contributed by atoms with Gasteiger partial charge in [0.1, 0.15) is 5.75 Å². The summed E-state index contributed by atoms with van der Waals surface area (Å²) in [7, 11) is 0. The van der Waals surface area contributed by atoms with E-state index < -0.39 is 5.79 Å². The highest BCUT2D eigenvalue weighted by atomic mass is 16.7. The van der Waals surface area contributed by atoms with Crippen LogP contribution in [0, 0.1) is 6.92 Å². The van der Waals surface area contributed by atoms with Gasteiger partial charge >= 0.3 is 0 Å². The monoisotopic (exact) mass is 467 g/mol. The molecule has 1 aromatic heterocycles. The third-order valence-electron chi connectivity index (χ3n) is 7.06. The fourth-order valence-corrected chi connectivity index (χ4v) is 5.17. The van der Waals surface area contributed by atoms with Crippen LogP contribution in [0.25, 0.3) is 22.0 Å². The van der Waals surface area contributed by atoms with Crippen molar-refractivity contribution in [3.05, 3.63) is 83.6 Å². The summed E-state index contributed by atoms with van der Waals surface area (Å²) in [5.41, 5.74) is 7.06. The number of carbonyl (C=O) groups excluding carboxylic acids is 1. The quantitative estimate of drug-likeness (QED) is 0.380. The summed E-state index contributed by atoms with van der Waals surface area (Å²) in [5.74, 6) is 0.377. The SMILES string of the molecule is Cc1[nH]c2ccccc2c1CC(=O)Nc1cccc(-c2ccc3c(c2)COC2(CCNCC2)O3)c1. The van der Waals surface area contributed by atoms with Crippen molar-refractivity contribution < 1.29 is 14.3 Å². The van der Waals surface area contributed by atoms with Gasteiger partial charge < -0.3 is 25.1 Å². The molecule has 178 valence electrons. The number of carbonyl (C=O) groups is 1. The van der Waals surface area contributed by atoms with Crippen molar-refractivity contribution >= 4 is 22.5 Å². The summed E-state index contributed by atoms with van der Waals surface area (Å²) in [6, 6.07) is 22.3. The first-order valence-electron chi connectivity index (χ1n) is 12.2. The highest BCUT2D eigenvalue weighted by molar-refractivity contribution is 5.96. The van der Waals surface area contributed by atoms with E-state index in [2.05, 4.69) is 39.9 Å². The van der Waals surface area contributed by atoms with Crippen molar-refractivity contribution in [1.29, 1.82) is 0 Å². The van der Waals surface area contributed by atoms with Crippen LogP contribution in [0.5, 0.6) is 5.75 Å². The molecule has 6 nitrogen and oxygen atoms in total. The van der Waals surface area contributed by atoms with Crippen LogP contribution in [0.2, 0.25) is 0 Å². The lowest BCUT2D eigenvalue weighted by Gasteiger charge is -2.41. The summed E-state index contributed by atoms with van der Waals surface area (Å²) >= 11 is 0. The van der Waals surface area contributed by atoms with Crippen LogP contribution in [0.3, 0.4) is 0 Å². The topological polar surface area (TPSA) is 75.4 Å². The van der Waals surface area contributed by atoms with Gasteiger partial charge in [-0.3, -0.25) is 4.79 Å². The summed E-state index contributed by atoms with van der Waals surface area (Å²) in [5, 5.41) is 7.53. The number of aromatic amines is 1. The fourth-order valence-electron chi connectivity index (χ4n) is 5.17. The Bertz CT molecular complexity index is 1400. The maximum Gasteiger partial charge on any atom is 0.228 e. The molecule has 0 saturated carbocycles. The molecule has 0 bridgehead atoms. The Morgan fingerprint density at radius 2 is 1.83 bits per heavy atom. The molecule has 35 heavy (non-hydrogen) atoms. The molecule has 4 aromatic rings. The predicted octanol–water partition coefficient (Wildman–Crippen LogP) is 5.31. The van der Waals surface area contributed by atoms with Gasteiger partial charge in [0, 0.05) is 53.8 Å². The highest BCUT2D eigenvalue weighted by Crippen LogP contribution is 2.38. The van der Waals surface area contributed by atoms with Crippen LogP contribution in [-0.4, -0.2) is 29.8 Å². The van der Waals surface area contributed by atoms with Crippen LogP contribution >= 0.6 is 0 Å². The van der Waals surface area contributed by atoms with E-state index in [-0.39, 0.29) is 5.91 Å². The zero-order valence-corrected chi connectivity index (χ0v) is 19.8. The number of aryl methyl sites for hydroxylation is 1. The van der Waals surface area contributed by atoms with Crippen LogP contribution < -0.4 is 15.4 Å². The molecular formula is C29H29N3O3.